The molecule has 0 spiro atoms. The minimum absolute atomic E-state index is 0.113. The number of hydrogen-bond donors (Lipinski definition) is 1. The van der Waals surface area contributed by atoms with Crippen LogP contribution in [0.4, 0.5) is 0 Å². The fraction of sp³-hybridized carbons (Fsp3) is 0.250. The molecule has 0 bridgehead atoms. The van der Waals surface area contributed by atoms with Crippen LogP contribution in [0.15, 0.2) is 29.2 Å². The number of carbonyl (C=O) groups is 3. The molecule has 5 heteroatoms. The smallest absolute Gasteiger partial charge is 0.375 e. The first-order chi connectivity index (χ1) is 8.06. The third-order valence-corrected chi connectivity index (χ3v) is 2.42. The summed E-state index contributed by atoms with van der Waals surface area (Å²) in [5, 5.41) is 0. The molecule has 0 aliphatic carbocycles. The van der Waals surface area contributed by atoms with Crippen LogP contribution < -0.4 is 0 Å². The first-order valence-corrected chi connectivity index (χ1v) is 5.52. The molecule has 0 aliphatic heterocycles. The Morgan fingerprint density at radius 1 is 1.24 bits per heavy atom. The lowest BCUT2D eigenvalue weighted by atomic mass is 10.1. The highest BCUT2D eigenvalue weighted by Gasteiger charge is 2.20. The monoisotopic (exact) mass is 252 g/mol. The van der Waals surface area contributed by atoms with Gasteiger partial charge in [0.05, 0.1) is 13.0 Å². The van der Waals surface area contributed by atoms with E-state index in [1.54, 1.807) is 31.2 Å². The molecule has 0 N–H and O–H groups in total. The number of thiol groups is 1. The number of rotatable bonds is 5. The van der Waals surface area contributed by atoms with Crippen LogP contribution in [0.3, 0.4) is 0 Å². The highest BCUT2D eigenvalue weighted by atomic mass is 32.1. The summed E-state index contributed by atoms with van der Waals surface area (Å²) in [4.78, 5) is 34.5. The second-order valence-corrected chi connectivity index (χ2v) is 3.74. The Balaban J connectivity index is 2.71. The molecule has 0 aliphatic rings. The van der Waals surface area contributed by atoms with Gasteiger partial charge < -0.3 is 4.74 Å². The van der Waals surface area contributed by atoms with E-state index in [4.69, 9.17) is 0 Å². The number of carbonyl (C=O) groups excluding carboxylic acids is 3. The minimum atomic E-state index is -0.975. The fourth-order valence-corrected chi connectivity index (χ4v) is 1.52. The van der Waals surface area contributed by atoms with E-state index in [0.717, 1.165) is 0 Å². The minimum Gasteiger partial charge on any atom is -0.460 e. The van der Waals surface area contributed by atoms with E-state index in [9.17, 15) is 14.4 Å². The average molecular weight is 252 g/mol. The summed E-state index contributed by atoms with van der Waals surface area (Å²) in [6.45, 7) is 1.71. The summed E-state index contributed by atoms with van der Waals surface area (Å²) >= 11 is 4.10. The van der Waals surface area contributed by atoms with Gasteiger partial charge in [0, 0.05) is 10.5 Å². The lowest BCUT2D eigenvalue weighted by Crippen LogP contribution is -2.20. The first kappa shape index (κ1) is 13.4. The number of esters is 1. The van der Waals surface area contributed by atoms with Crippen LogP contribution in [-0.4, -0.2) is 24.1 Å². The lowest BCUT2D eigenvalue weighted by molar-refractivity contribution is -0.153. The molecule has 0 aromatic heterocycles. The molecule has 0 radical (unpaired) electrons. The van der Waals surface area contributed by atoms with E-state index in [0.29, 0.717) is 10.5 Å². The normalized spacial score (nSPS) is 9.76. The van der Waals surface area contributed by atoms with E-state index in [-0.39, 0.29) is 6.61 Å². The Morgan fingerprint density at radius 3 is 2.47 bits per heavy atom. The zero-order valence-corrected chi connectivity index (χ0v) is 10.2. The highest BCUT2D eigenvalue weighted by Crippen LogP contribution is 2.15. The molecule has 0 amide bonds. The van der Waals surface area contributed by atoms with Crippen molar-refractivity contribution in [3.63, 3.8) is 0 Å². The predicted molar refractivity (Wildman–Crippen MR) is 64.3 cm³/mol. The summed E-state index contributed by atoms with van der Waals surface area (Å²) in [6.07, 6.45) is -0.490. The zero-order valence-electron chi connectivity index (χ0n) is 9.30. The second-order valence-electron chi connectivity index (χ2n) is 3.26. The van der Waals surface area contributed by atoms with Crippen molar-refractivity contribution >= 4 is 30.2 Å². The van der Waals surface area contributed by atoms with Gasteiger partial charge in [0.15, 0.2) is 5.78 Å². The van der Waals surface area contributed by atoms with Crippen molar-refractivity contribution in [2.75, 3.05) is 6.61 Å². The van der Waals surface area contributed by atoms with Gasteiger partial charge in [0.2, 0.25) is 5.78 Å². The molecule has 90 valence electrons. The van der Waals surface area contributed by atoms with Crippen LogP contribution in [0.2, 0.25) is 0 Å². The Labute approximate surface area is 104 Å². The summed E-state index contributed by atoms with van der Waals surface area (Å²) in [5.74, 6) is -2.25. The Morgan fingerprint density at radius 2 is 1.88 bits per heavy atom. The second kappa shape index (κ2) is 6.20. The van der Waals surface area contributed by atoms with Crippen LogP contribution in [0.25, 0.3) is 0 Å². The maximum atomic E-state index is 11.7. The van der Waals surface area contributed by atoms with E-state index in [1.165, 1.54) is 0 Å². The number of hydrogen-bond acceptors (Lipinski definition) is 5. The first-order valence-electron chi connectivity index (χ1n) is 5.07. The largest absolute Gasteiger partial charge is 0.460 e. The van der Waals surface area contributed by atoms with E-state index >= 15 is 0 Å². The molecular formula is C12H12O4S. The van der Waals surface area contributed by atoms with Crippen LogP contribution in [0, 0.1) is 0 Å². The molecular weight excluding hydrogens is 240 g/mol. The highest BCUT2D eigenvalue weighted by molar-refractivity contribution is 7.80. The van der Waals surface area contributed by atoms with Gasteiger partial charge in [-0.2, -0.15) is 0 Å². The van der Waals surface area contributed by atoms with Crippen molar-refractivity contribution in [1.29, 1.82) is 0 Å². The Kier molecular flexibility index (Phi) is 4.90. The van der Waals surface area contributed by atoms with Crippen molar-refractivity contribution in [2.45, 2.75) is 18.2 Å². The van der Waals surface area contributed by atoms with Crippen LogP contribution in [0.5, 0.6) is 0 Å². The summed E-state index contributed by atoms with van der Waals surface area (Å²) < 4.78 is 4.51. The number of ketones is 2. The summed E-state index contributed by atoms with van der Waals surface area (Å²) in [7, 11) is 0. The molecule has 0 saturated heterocycles. The van der Waals surface area contributed by atoms with Crippen molar-refractivity contribution < 1.29 is 19.1 Å². The molecule has 1 rings (SSSR count). The van der Waals surface area contributed by atoms with Crippen molar-refractivity contribution in [3.05, 3.63) is 29.8 Å². The van der Waals surface area contributed by atoms with Gasteiger partial charge in [0.1, 0.15) is 0 Å². The van der Waals surface area contributed by atoms with Gasteiger partial charge in [-0.1, -0.05) is 18.2 Å². The molecule has 1 aromatic rings. The van der Waals surface area contributed by atoms with Crippen LogP contribution in [0.1, 0.15) is 23.7 Å². The van der Waals surface area contributed by atoms with Gasteiger partial charge in [0.25, 0.3) is 0 Å². The molecule has 0 unspecified atom stereocenters. The van der Waals surface area contributed by atoms with Gasteiger partial charge in [-0.15, -0.1) is 12.6 Å². The van der Waals surface area contributed by atoms with Crippen molar-refractivity contribution in [3.8, 4) is 0 Å². The van der Waals surface area contributed by atoms with Crippen LogP contribution in [-0.2, 0) is 14.3 Å². The summed E-state index contributed by atoms with van der Waals surface area (Å²) in [5.41, 5.74) is 0.327. The number of ether oxygens (including phenoxy) is 1. The van der Waals surface area contributed by atoms with Crippen molar-refractivity contribution in [2.24, 2.45) is 0 Å². The fourth-order valence-electron chi connectivity index (χ4n) is 1.23. The molecule has 17 heavy (non-hydrogen) atoms. The molecule has 0 fully saturated rings. The Hall–Kier alpha value is -1.62. The van der Waals surface area contributed by atoms with Gasteiger partial charge >= 0.3 is 5.97 Å². The SMILES string of the molecule is CCOC(=O)C(=O)CC(=O)c1ccccc1S. The third-order valence-electron chi connectivity index (χ3n) is 2.03. The van der Waals surface area contributed by atoms with E-state index < -0.39 is 24.0 Å². The van der Waals surface area contributed by atoms with Gasteiger partial charge in [-0.3, -0.25) is 9.59 Å². The van der Waals surface area contributed by atoms with Crippen molar-refractivity contribution in [1.82, 2.24) is 0 Å². The molecule has 0 heterocycles. The zero-order chi connectivity index (χ0) is 12.8. The number of benzene rings is 1. The number of Topliss-reactive ketones (excluding diaryl/α,β-unsaturated/α-hetero) is 2. The molecule has 0 atom stereocenters. The maximum absolute atomic E-state index is 11.7. The van der Waals surface area contributed by atoms with Crippen LogP contribution >= 0.6 is 12.6 Å². The predicted octanol–water partition coefficient (Wildman–Crippen LogP) is 1.68. The standard InChI is InChI=1S/C12H12O4S/c1-2-16-12(15)10(14)7-9(13)8-5-3-4-6-11(8)17/h3-6,17H,2,7H2,1H3. The average Bonchev–Trinajstić information content (AvgIpc) is 2.29. The quantitative estimate of drug-likeness (QED) is 0.285. The molecule has 1 aromatic carbocycles. The van der Waals surface area contributed by atoms with Gasteiger partial charge in [-0.05, 0) is 13.0 Å². The lowest BCUT2D eigenvalue weighted by Gasteiger charge is -2.03. The van der Waals surface area contributed by atoms with E-state index in [1.807, 2.05) is 0 Å². The maximum Gasteiger partial charge on any atom is 0.375 e. The Bertz CT molecular complexity index is 454. The molecule has 0 saturated carbocycles. The topological polar surface area (TPSA) is 60.4 Å². The van der Waals surface area contributed by atoms with E-state index in [2.05, 4.69) is 17.4 Å². The van der Waals surface area contributed by atoms with Gasteiger partial charge in [-0.25, -0.2) is 4.79 Å². The third kappa shape index (κ3) is 3.71. The summed E-state index contributed by atoms with van der Waals surface area (Å²) in [6, 6.07) is 6.60. The molecule has 4 nitrogen and oxygen atoms in total.